The number of carbonyl (C=O) groups is 2. The van der Waals surface area contributed by atoms with Crippen LogP contribution in [0.25, 0.3) is 0 Å². The number of hydrogen-bond donors (Lipinski definition) is 4. The third-order valence-electron chi connectivity index (χ3n) is 2.30. The van der Waals surface area contributed by atoms with E-state index in [2.05, 4.69) is 0 Å². The summed E-state index contributed by atoms with van der Waals surface area (Å²) in [4.78, 5) is 20.0. The average molecular weight is 234 g/mol. The summed E-state index contributed by atoms with van der Waals surface area (Å²) in [6, 6.07) is -1.38. The molecule has 0 aliphatic carbocycles. The van der Waals surface area contributed by atoms with Crippen molar-refractivity contribution < 1.29 is 19.8 Å². The molecule has 0 spiro atoms. The van der Waals surface area contributed by atoms with Gasteiger partial charge < -0.3 is 21.7 Å². The molecule has 0 rings (SSSR count). The first-order chi connectivity index (χ1) is 7.27. The Hall–Kier alpha value is -1.14. The highest BCUT2D eigenvalue weighted by Crippen LogP contribution is 2.04. The minimum absolute atomic E-state index is 0.0718. The van der Waals surface area contributed by atoms with Crippen LogP contribution in [0.15, 0.2) is 0 Å². The molecule has 6 heteroatoms. The lowest BCUT2D eigenvalue weighted by Gasteiger charge is -2.11. The van der Waals surface area contributed by atoms with Crippen LogP contribution in [0.5, 0.6) is 0 Å². The third kappa shape index (κ3) is 8.19. The topological polar surface area (TPSA) is 127 Å². The highest BCUT2D eigenvalue weighted by Gasteiger charge is 2.17. The van der Waals surface area contributed by atoms with Gasteiger partial charge in [0.15, 0.2) is 0 Å². The van der Waals surface area contributed by atoms with Crippen LogP contribution in [0.1, 0.15) is 33.6 Å². The Balaban J connectivity index is 0. The Morgan fingerprint density at radius 2 is 1.50 bits per heavy atom. The fourth-order valence-electron chi connectivity index (χ4n) is 0.672. The smallest absolute Gasteiger partial charge is 0.320 e. The normalized spacial score (nSPS) is 15.3. The Labute approximate surface area is 95.6 Å². The molecule has 16 heavy (non-hydrogen) atoms. The molecule has 0 aromatic rings. The zero-order valence-corrected chi connectivity index (χ0v) is 10.0. The van der Waals surface area contributed by atoms with E-state index in [9.17, 15) is 9.59 Å². The van der Waals surface area contributed by atoms with Crippen LogP contribution in [-0.2, 0) is 9.59 Å². The van der Waals surface area contributed by atoms with Crippen molar-refractivity contribution in [1.29, 1.82) is 0 Å². The summed E-state index contributed by atoms with van der Waals surface area (Å²) in [5, 5.41) is 16.4. The number of aliphatic carboxylic acids is 2. The van der Waals surface area contributed by atoms with Crippen LogP contribution < -0.4 is 11.5 Å². The van der Waals surface area contributed by atoms with E-state index in [0.717, 1.165) is 6.42 Å². The number of carboxylic acid groups (broad SMARTS) is 2. The maximum absolute atomic E-state index is 10.2. The van der Waals surface area contributed by atoms with E-state index >= 15 is 0 Å². The Bertz CT molecular complexity index is 221. The van der Waals surface area contributed by atoms with Gasteiger partial charge in [-0.3, -0.25) is 9.59 Å². The second-order valence-electron chi connectivity index (χ2n) is 3.60. The molecule has 0 aliphatic rings. The molecule has 6 N–H and O–H groups in total. The van der Waals surface area contributed by atoms with Gasteiger partial charge in [-0.1, -0.05) is 27.2 Å². The first-order valence-electron chi connectivity index (χ1n) is 5.24. The maximum Gasteiger partial charge on any atom is 0.320 e. The van der Waals surface area contributed by atoms with Crippen LogP contribution in [0.2, 0.25) is 0 Å². The lowest BCUT2D eigenvalue weighted by molar-refractivity contribution is -0.140. The van der Waals surface area contributed by atoms with Gasteiger partial charge in [0.25, 0.3) is 0 Å². The van der Waals surface area contributed by atoms with Crippen molar-refractivity contribution in [2.75, 3.05) is 0 Å². The molecule has 0 amide bonds. The van der Waals surface area contributed by atoms with Crippen LogP contribution in [-0.4, -0.2) is 34.2 Å². The van der Waals surface area contributed by atoms with Gasteiger partial charge in [-0.25, -0.2) is 0 Å². The van der Waals surface area contributed by atoms with E-state index in [0.29, 0.717) is 6.42 Å². The summed E-state index contributed by atoms with van der Waals surface area (Å²) in [5.74, 6) is -1.77. The summed E-state index contributed by atoms with van der Waals surface area (Å²) < 4.78 is 0. The second kappa shape index (κ2) is 9.11. The van der Waals surface area contributed by atoms with Crippen LogP contribution in [0, 0.1) is 5.92 Å². The van der Waals surface area contributed by atoms with Crippen molar-refractivity contribution in [1.82, 2.24) is 0 Å². The largest absolute Gasteiger partial charge is 0.480 e. The molecule has 1 unspecified atom stereocenters. The van der Waals surface area contributed by atoms with Crippen molar-refractivity contribution in [2.45, 2.75) is 45.7 Å². The van der Waals surface area contributed by atoms with Gasteiger partial charge in [-0.15, -0.1) is 0 Å². The fourth-order valence-corrected chi connectivity index (χ4v) is 0.672. The van der Waals surface area contributed by atoms with Gasteiger partial charge in [-0.2, -0.15) is 0 Å². The summed E-state index contributed by atoms with van der Waals surface area (Å²) in [6.45, 7) is 5.49. The quantitative estimate of drug-likeness (QED) is 0.540. The highest BCUT2D eigenvalue weighted by atomic mass is 16.4. The standard InChI is InChI=1S/C6H13NO2.C4H9NO2/c1-3-4(2)5(7)6(8)9;1-2-3(5)4(6)7/h4-5H,3,7H2,1-2H3,(H,8,9);3H,2,5H2,1H3,(H,6,7)/t4-,5-;/m0./s1. The van der Waals surface area contributed by atoms with Crippen molar-refractivity contribution in [2.24, 2.45) is 17.4 Å². The van der Waals surface area contributed by atoms with E-state index < -0.39 is 24.0 Å². The summed E-state index contributed by atoms with van der Waals surface area (Å²) in [6.07, 6.45) is 1.31. The van der Waals surface area contributed by atoms with E-state index in [1.54, 1.807) is 6.92 Å². The molecule has 0 aliphatic heterocycles. The molecule has 0 fully saturated rings. The number of nitrogens with two attached hydrogens (primary N) is 2. The number of rotatable bonds is 5. The van der Waals surface area contributed by atoms with Crippen molar-refractivity contribution in [3.05, 3.63) is 0 Å². The van der Waals surface area contributed by atoms with Gasteiger partial charge in [-0.05, 0) is 12.3 Å². The van der Waals surface area contributed by atoms with Crippen LogP contribution in [0.3, 0.4) is 0 Å². The highest BCUT2D eigenvalue weighted by molar-refractivity contribution is 5.73. The monoisotopic (exact) mass is 234 g/mol. The molecule has 0 aromatic heterocycles. The van der Waals surface area contributed by atoms with Crippen LogP contribution in [0.4, 0.5) is 0 Å². The molecule has 6 nitrogen and oxygen atoms in total. The van der Waals surface area contributed by atoms with Crippen molar-refractivity contribution >= 4 is 11.9 Å². The lowest BCUT2D eigenvalue weighted by atomic mass is 10.0. The van der Waals surface area contributed by atoms with Gasteiger partial charge in [0, 0.05) is 0 Å². The van der Waals surface area contributed by atoms with E-state index in [1.807, 2.05) is 13.8 Å². The molecule has 96 valence electrons. The predicted molar refractivity (Wildman–Crippen MR) is 61.0 cm³/mol. The molecule has 0 saturated carbocycles. The molecule has 0 saturated heterocycles. The SMILES string of the molecule is CCC(N)C(=O)O.CC[C@H](C)[C@H](N)C(=O)O. The van der Waals surface area contributed by atoms with E-state index in [-0.39, 0.29) is 5.92 Å². The maximum atomic E-state index is 10.2. The van der Waals surface area contributed by atoms with Crippen molar-refractivity contribution in [3.8, 4) is 0 Å². The van der Waals surface area contributed by atoms with Gasteiger partial charge in [0.1, 0.15) is 12.1 Å². The molecule has 0 radical (unpaired) electrons. The minimum Gasteiger partial charge on any atom is -0.480 e. The zero-order valence-electron chi connectivity index (χ0n) is 10.0. The second-order valence-corrected chi connectivity index (χ2v) is 3.60. The van der Waals surface area contributed by atoms with Crippen molar-refractivity contribution in [3.63, 3.8) is 0 Å². The Morgan fingerprint density at radius 1 is 1.06 bits per heavy atom. The molecule has 3 atom stereocenters. The van der Waals surface area contributed by atoms with Gasteiger partial charge in [0.2, 0.25) is 0 Å². The fraction of sp³-hybridized carbons (Fsp3) is 0.800. The summed E-state index contributed by atoms with van der Waals surface area (Å²) in [7, 11) is 0. The Kier molecular flexibility index (Phi) is 9.83. The summed E-state index contributed by atoms with van der Waals surface area (Å²) in [5.41, 5.74) is 10.3. The van der Waals surface area contributed by atoms with E-state index in [1.165, 1.54) is 0 Å². The zero-order chi connectivity index (χ0) is 13.3. The first-order valence-corrected chi connectivity index (χ1v) is 5.24. The molecule has 0 aromatic carbocycles. The average Bonchev–Trinajstić information content (AvgIpc) is 2.26. The summed E-state index contributed by atoms with van der Waals surface area (Å²) >= 11 is 0. The van der Waals surface area contributed by atoms with Gasteiger partial charge in [0.05, 0.1) is 0 Å². The molecule has 0 heterocycles. The number of carboxylic acids is 2. The van der Waals surface area contributed by atoms with Gasteiger partial charge >= 0.3 is 11.9 Å². The Morgan fingerprint density at radius 3 is 1.56 bits per heavy atom. The molecular weight excluding hydrogens is 212 g/mol. The predicted octanol–water partition coefficient (Wildman–Crippen LogP) is 0.253. The third-order valence-corrected chi connectivity index (χ3v) is 2.30. The lowest BCUT2D eigenvalue weighted by Crippen LogP contribution is -2.36. The number of hydrogen-bond acceptors (Lipinski definition) is 4. The van der Waals surface area contributed by atoms with Crippen LogP contribution >= 0.6 is 0 Å². The first kappa shape index (κ1) is 17.3. The minimum atomic E-state index is -0.928. The molecular formula is C10H22N2O4. The molecule has 0 bridgehead atoms. The van der Waals surface area contributed by atoms with E-state index in [4.69, 9.17) is 21.7 Å².